The molecule has 0 aliphatic heterocycles. The fourth-order valence-electron chi connectivity index (χ4n) is 3.58. The first kappa shape index (κ1) is 23.2. The highest BCUT2D eigenvalue weighted by molar-refractivity contribution is 7.99. The first-order valence-electron chi connectivity index (χ1n) is 9.97. The van der Waals surface area contributed by atoms with E-state index in [1.54, 1.807) is 37.5 Å². The molecule has 4 rings (SSSR count). The van der Waals surface area contributed by atoms with Crippen molar-refractivity contribution in [2.24, 2.45) is 0 Å². The Labute approximate surface area is 197 Å². The number of pyridine rings is 1. The number of alkyl halides is 3. The summed E-state index contributed by atoms with van der Waals surface area (Å²) >= 11 is 7.40. The van der Waals surface area contributed by atoms with Crippen molar-refractivity contribution in [1.82, 2.24) is 9.55 Å². The molecular formula is C24H18ClF3N2O2S. The second-order valence-corrected chi connectivity index (χ2v) is 8.71. The van der Waals surface area contributed by atoms with Crippen LogP contribution in [0.2, 0.25) is 5.02 Å². The van der Waals surface area contributed by atoms with Crippen molar-refractivity contribution in [2.75, 3.05) is 6.61 Å². The number of hydrogen-bond donors (Lipinski definition) is 0. The Kier molecular flexibility index (Phi) is 6.41. The van der Waals surface area contributed by atoms with Gasteiger partial charge in [0.05, 0.1) is 35.1 Å². The number of carbonyl (C=O) groups is 1. The number of nitrogens with zero attached hydrogens (tertiary/aromatic N) is 2. The third-order valence-corrected chi connectivity index (χ3v) is 6.40. The summed E-state index contributed by atoms with van der Waals surface area (Å²) in [5.74, 6) is -0.799. The minimum Gasteiger partial charge on any atom is -0.462 e. The number of fused-ring (bicyclic) bond motifs is 1. The molecule has 0 fully saturated rings. The number of esters is 1. The molecule has 0 unspecified atom stereocenters. The highest BCUT2D eigenvalue weighted by atomic mass is 35.5. The molecule has 4 nitrogen and oxygen atoms in total. The number of carbonyl (C=O) groups excluding carboxylic acids is 1. The molecule has 170 valence electrons. The van der Waals surface area contributed by atoms with Crippen LogP contribution in [-0.2, 0) is 10.9 Å². The molecule has 0 saturated heterocycles. The molecule has 0 bridgehead atoms. The molecule has 2 heterocycles. The topological polar surface area (TPSA) is 44.1 Å². The highest BCUT2D eigenvalue weighted by Crippen LogP contribution is 2.42. The molecule has 2 aromatic carbocycles. The van der Waals surface area contributed by atoms with Crippen LogP contribution in [0, 0.1) is 6.92 Å². The second-order valence-electron chi connectivity index (χ2n) is 7.19. The third-order valence-electron chi connectivity index (χ3n) is 4.98. The monoisotopic (exact) mass is 490 g/mol. The van der Waals surface area contributed by atoms with Gasteiger partial charge in [-0.1, -0.05) is 29.4 Å². The van der Waals surface area contributed by atoms with E-state index in [0.29, 0.717) is 5.02 Å². The van der Waals surface area contributed by atoms with Crippen LogP contribution >= 0.6 is 23.4 Å². The van der Waals surface area contributed by atoms with Gasteiger partial charge in [0, 0.05) is 32.1 Å². The zero-order valence-corrected chi connectivity index (χ0v) is 19.2. The lowest BCUT2D eigenvalue weighted by atomic mass is 10.1. The van der Waals surface area contributed by atoms with Crippen LogP contribution in [0.1, 0.15) is 28.5 Å². The van der Waals surface area contributed by atoms with Gasteiger partial charge in [-0.05, 0) is 56.3 Å². The van der Waals surface area contributed by atoms with Gasteiger partial charge < -0.3 is 9.30 Å². The van der Waals surface area contributed by atoms with Crippen LogP contribution in [0.15, 0.2) is 70.7 Å². The zero-order chi connectivity index (χ0) is 23.8. The smallest absolute Gasteiger partial charge is 0.416 e. The van der Waals surface area contributed by atoms with Crippen LogP contribution in [0.5, 0.6) is 0 Å². The summed E-state index contributed by atoms with van der Waals surface area (Å²) in [7, 11) is 0. The van der Waals surface area contributed by atoms with Gasteiger partial charge in [-0.3, -0.25) is 4.98 Å². The molecule has 2 aromatic heterocycles. The van der Waals surface area contributed by atoms with Gasteiger partial charge in [0.1, 0.15) is 0 Å². The molecule has 0 aliphatic carbocycles. The minimum absolute atomic E-state index is 0.0655. The van der Waals surface area contributed by atoms with Crippen LogP contribution in [0.25, 0.3) is 16.6 Å². The second kappa shape index (κ2) is 9.11. The highest BCUT2D eigenvalue weighted by Gasteiger charge is 2.32. The standard InChI is InChI=1S/C24H18ClF3N2O2S/c1-3-32-23(31)15-9-16(24(26,27)28)11-19(10-15)33-22-14(2)30(18-5-4-8-29-13-18)21-12-17(25)6-7-20(21)22/h4-13H,3H2,1-2H3. The molecule has 0 atom stereocenters. The Morgan fingerprint density at radius 1 is 1.18 bits per heavy atom. The van der Waals surface area contributed by atoms with Gasteiger partial charge in [0.15, 0.2) is 0 Å². The van der Waals surface area contributed by atoms with Crippen molar-refractivity contribution >= 4 is 40.2 Å². The van der Waals surface area contributed by atoms with Crippen molar-refractivity contribution < 1.29 is 22.7 Å². The van der Waals surface area contributed by atoms with E-state index < -0.39 is 17.7 Å². The largest absolute Gasteiger partial charge is 0.462 e. The molecule has 33 heavy (non-hydrogen) atoms. The molecule has 0 N–H and O–H groups in total. The number of halogens is 4. The lowest BCUT2D eigenvalue weighted by Crippen LogP contribution is -2.10. The number of hydrogen-bond acceptors (Lipinski definition) is 4. The van der Waals surface area contributed by atoms with Gasteiger partial charge >= 0.3 is 12.1 Å². The van der Waals surface area contributed by atoms with Gasteiger partial charge in [-0.15, -0.1) is 0 Å². The maximum absolute atomic E-state index is 13.6. The molecule has 9 heteroatoms. The SMILES string of the molecule is CCOC(=O)c1cc(Sc2c(C)n(-c3cccnc3)c3cc(Cl)ccc23)cc(C(F)(F)F)c1. The van der Waals surface area contributed by atoms with E-state index in [9.17, 15) is 18.0 Å². The molecule has 0 saturated carbocycles. The summed E-state index contributed by atoms with van der Waals surface area (Å²) < 4.78 is 47.5. The zero-order valence-electron chi connectivity index (χ0n) is 17.6. The maximum atomic E-state index is 13.6. The van der Waals surface area contributed by atoms with E-state index in [-0.39, 0.29) is 17.1 Å². The quantitative estimate of drug-likeness (QED) is 0.275. The number of benzene rings is 2. The number of ether oxygens (including phenoxy) is 1. The Bertz CT molecular complexity index is 1340. The van der Waals surface area contributed by atoms with E-state index in [4.69, 9.17) is 16.3 Å². The summed E-state index contributed by atoms with van der Waals surface area (Å²) in [6, 6.07) is 12.3. The van der Waals surface area contributed by atoms with Gasteiger partial charge in [0.2, 0.25) is 0 Å². The summed E-state index contributed by atoms with van der Waals surface area (Å²) in [5.41, 5.74) is 1.34. The first-order valence-corrected chi connectivity index (χ1v) is 11.2. The Morgan fingerprint density at radius 3 is 2.64 bits per heavy atom. The normalized spacial score (nSPS) is 11.7. The molecule has 0 amide bonds. The lowest BCUT2D eigenvalue weighted by molar-refractivity contribution is -0.137. The van der Waals surface area contributed by atoms with Crippen molar-refractivity contribution in [3.63, 3.8) is 0 Å². The molecular weight excluding hydrogens is 473 g/mol. The van der Waals surface area contributed by atoms with Crippen LogP contribution in [0.3, 0.4) is 0 Å². The predicted octanol–water partition coefficient (Wildman–Crippen LogP) is 7.33. The van der Waals surface area contributed by atoms with E-state index in [1.165, 1.54) is 6.07 Å². The number of aromatic nitrogens is 2. The first-order chi connectivity index (χ1) is 15.7. The Hall–Kier alpha value is -2.97. The van der Waals surface area contributed by atoms with Crippen LogP contribution < -0.4 is 0 Å². The van der Waals surface area contributed by atoms with Crippen molar-refractivity contribution in [2.45, 2.75) is 29.8 Å². The fraction of sp³-hybridized carbons (Fsp3) is 0.167. The van der Waals surface area contributed by atoms with Crippen molar-refractivity contribution in [3.05, 3.63) is 82.8 Å². The van der Waals surface area contributed by atoms with Gasteiger partial charge in [-0.25, -0.2) is 4.79 Å². The number of rotatable bonds is 5. The molecule has 0 spiro atoms. The minimum atomic E-state index is -4.61. The molecule has 0 aliphatic rings. The van der Waals surface area contributed by atoms with Crippen molar-refractivity contribution in [1.29, 1.82) is 0 Å². The summed E-state index contributed by atoms with van der Waals surface area (Å²) in [6.07, 6.45) is -1.25. The van der Waals surface area contributed by atoms with E-state index in [0.717, 1.165) is 51.1 Å². The van der Waals surface area contributed by atoms with Crippen molar-refractivity contribution in [3.8, 4) is 5.69 Å². The molecule has 0 radical (unpaired) electrons. The fourth-order valence-corrected chi connectivity index (χ4v) is 4.87. The van der Waals surface area contributed by atoms with Crippen LogP contribution in [-0.4, -0.2) is 22.1 Å². The van der Waals surface area contributed by atoms with Gasteiger partial charge in [0.25, 0.3) is 0 Å². The average molecular weight is 491 g/mol. The average Bonchev–Trinajstić information content (AvgIpc) is 3.04. The predicted molar refractivity (Wildman–Crippen MR) is 122 cm³/mol. The Balaban J connectivity index is 1.89. The van der Waals surface area contributed by atoms with E-state index in [2.05, 4.69) is 4.98 Å². The van der Waals surface area contributed by atoms with Crippen LogP contribution in [0.4, 0.5) is 13.2 Å². The van der Waals surface area contributed by atoms with E-state index >= 15 is 0 Å². The van der Waals surface area contributed by atoms with E-state index in [1.807, 2.05) is 23.6 Å². The summed E-state index contributed by atoms with van der Waals surface area (Å²) in [4.78, 5) is 17.4. The summed E-state index contributed by atoms with van der Waals surface area (Å²) in [6.45, 7) is 3.54. The maximum Gasteiger partial charge on any atom is 0.416 e. The van der Waals surface area contributed by atoms with Gasteiger partial charge in [-0.2, -0.15) is 13.2 Å². The third kappa shape index (κ3) is 4.72. The Morgan fingerprint density at radius 2 is 1.97 bits per heavy atom. The summed E-state index contributed by atoms with van der Waals surface area (Å²) in [5, 5.41) is 1.35. The lowest BCUT2D eigenvalue weighted by Gasteiger charge is -2.12. The molecule has 4 aromatic rings.